The highest BCUT2D eigenvalue weighted by Gasteiger charge is 2.23. The van der Waals surface area contributed by atoms with Crippen LogP contribution in [0.15, 0.2) is 36.5 Å². The maximum absolute atomic E-state index is 5.41. The van der Waals surface area contributed by atoms with Crippen molar-refractivity contribution in [2.45, 2.75) is 37.6 Å². The van der Waals surface area contributed by atoms with Crippen LogP contribution < -0.4 is 0 Å². The van der Waals surface area contributed by atoms with Crippen LogP contribution in [-0.2, 0) is 4.74 Å². The summed E-state index contributed by atoms with van der Waals surface area (Å²) in [5.74, 6) is 0.823. The van der Waals surface area contributed by atoms with E-state index in [1.165, 1.54) is 24.0 Å². The lowest BCUT2D eigenvalue weighted by molar-refractivity contribution is 0.0663. The van der Waals surface area contributed by atoms with Crippen molar-refractivity contribution in [3.8, 4) is 11.3 Å². The van der Waals surface area contributed by atoms with E-state index in [0.29, 0.717) is 6.04 Å². The highest BCUT2D eigenvalue weighted by molar-refractivity contribution is 5.59. The summed E-state index contributed by atoms with van der Waals surface area (Å²) in [5.41, 5.74) is 3.79. The molecule has 0 amide bonds. The fourth-order valence-electron chi connectivity index (χ4n) is 2.99. The summed E-state index contributed by atoms with van der Waals surface area (Å²) in [6.45, 7) is 1.71. The molecule has 0 N–H and O–H groups in total. The minimum atomic E-state index is 0.503. The first-order chi connectivity index (χ1) is 9.90. The van der Waals surface area contributed by atoms with E-state index in [4.69, 9.17) is 9.84 Å². The summed E-state index contributed by atoms with van der Waals surface area (Å²) >= 11 is 0. The predicted molar refractivity (Wildman–Crippen MR) is 78.7 cm³/mol. The van der Waals surface area contributed by atoms with Gasteiger partial charge in [0.25, 0.3) is 0 Å². The fourth-order valence-corrected chi connectivity index (χ4v) is 2.99. The molecule has 3 heteroatoms. The Morgan fingerprint density at radius 2 is 1.70 bits per heavy atom. The zero-order valence-electron chi connectivity index (χ0n) is 11.7. The van der Waals surface area contributed by atoms with Gasteiger partial charge in [-0.2, -0.15) is 5.10 Å². The highest BCUT2D eigenvalue weighted by Crippen LogP contribution is 2.40. The molecule has 2 aliphatic rings. The van der Waals surface area contributed by atoms with Crippen molar-refractivity contribution in [2.75, 3.05) is 13.2 Å². The minimum absolute atomic E-state index is 0.503. The van der Waals surface area contributed by atoms with Gasteiger partial charge in [-0.05, 0) is 43.2 Å². The van der Waals surface area contributed by atoms with Gasteiger partial charge in [0.15, 0.2) is 0 Å². The SMILES string of the molecule is c1cc(C2CC2)ccc1-c1ccn(C2CCOCC2)n1. The molecule has 1 aliphatic carbocycles. The maximum atomic E-state index is 5.41. The first kappa shape index (κ1) is 12.2. The van der Waals surface area contributed by atoms with Crippen LogP contribution in [0.25, 0.3) is 11.3 Å². The van der Waals surface area contributed by atoms with Crippen LogP contribution in [0.1, 0.15) is 43.2 Å². The van der Waals surface area contributed by atoms with Crippen LogP contribution in [0.2, 0.25) is 0 Å². The number of hydrogen-bond donors (Lipinski definition) is 0. The third kappa shape index (κ3) is 2.38. The first-order valence-corrected chi connectivity index (χ1v) is 7.63. The van der Waals surface area contributed by atoms with Crippen LogP contribution in [0.5, 0.6) is 0 Å². The molecule has 1 aromatic heterocycles. The summed E-state index contributed by atoms with van der Waals surface area (Å²) in [4.78, 5) is 0. The Morgan fingerprint density at radius 3 is 2.40 bits per heavy atom. The second-order valence-corrected chi connectivity index (χ2v) is 5.92. The molecule has 4 rings (SSSR count). The van der Waals surface area contributed by atoms with Gasteiger partial charge in [-0.15, -0.1) is 0 Å². The Morgan fingerprint density at radius 1 is 0.950 bits per heavy atom. The van der Waals surface area contributed by atoms with Crippen LogP contribution in [0.3, 0.4) is 0 Å². The van der Waals surface area contributed by atoms with Crippen molar-refractivity contribution < 1.29 is 4.74 Å². The molecule has 1 aromatic carbocycles. The lowest BCUT2D eigenvalue weighted by Gasteiger charge is -2.22. The van der Waals surface area contributed by atoms with Crippen LogP contribution in [-0.4, -0.2) is 23.0 Å². The first-order valence-electron chi connectivity index (χ1n) is 7.63. The molecule has 2 aromatic rings. The van der Waals surface area contributed by atoms with Gasteiger partial charge in [-0.1, -0.05) is 24.3 Å². The van der Waals surface area contributed by atoms with E-state index >= 15 is 0 Å². The monoisotopic (exact) mass is 268 g/mol. The lowest BCUT2D eigenvalue weighted by atomic mass is 10.1. The summed E-state index contributed by atoms with van der Waals surface area (Å²) in [7, 11) is 0. The van der Waals surface area contributed by atoms with Crippen molar-refractivity contribution in [3.63, 3.8) is 0 Å². The Bertz CT molecular complexity index is 577. The van der Waals surface area contributed by atoms with Gasteiger partial charge in [-0.3, -0.25) is 4.68 Å². The number of rotatable bonds is 3. The van der Waals surface area contributed by atoms with Crippen molar-refractivity contribution in [1.29, 1.82) is 0 Å². The molecule has 0 unspecified atom stereocenters. The van der Waals surface area contributed by atoms with E-state index in [0.717, 1.165) is 37.7 Å². The van der Waals surface area contributed by atoms with Gasteiger partial charge >= 0.3 is 0 Å². The van der Waals surface area contributed by atoms with Crippen molar-refractivity contribution in [3.05, 3.63) is 42.1 Å². The van der Waals surface area contributed by atoms with Crippen molar-refractivity contribution in [2.24, 2.45) is 0 Å². The average molecular weight is 268 g/mol. The number of hydrogen-bond acceptors (Lipinski definition) is 2. The third-order valence-corrected chi connectivity index (χ3v) is 4.43. The van der Waals surface area contributed by atoms with E-state index in [-0.39, 0.29) is 0 Å². The second kappa shape index (κ2) is 5.06. The van der Waals surface area contributed by atoms with Gasteiger partial charge < -0.3 is 4.74 Å². The van der Waals surface area contributed by atoms with Crippen LogP contribution in [0, 0.1) is 0 Å². The van der Waals surface area contributed by atoms with E-state index < -0.39 is 0 Å². The van der Waals surface area contributed by atoms with E-state index in [9.17, 15) is 0 Å². The zero-order valence-corrected chi connectivity index (χ0v) is 11.7. The van der Waals surface area contributed by atoms with Gasteiger partial charge in [0, 0.05) is 25.0 Å². The molecule has 0 atom stereocenters. The standard InChI is InChI=1S/C17H20N2O/c1-2-13(1)14-3-5-15(6-4-14)17-7-10-19(18-17)16-8-11-20-12-9-16/h3-7,10,13,16H,1-2,8-9,11-12H2. The number of nitrogens with zero attached hydrogens (tertiary/aromatic N) is 2. The minimum Gasteiger partial charge on any atom is -0.381 e. The third-order valence-electron chi connectivity index (χ3n) is 4.43. The largest absolute Gasteiger partial charge is 0.381 e. The molecule has 2 heterocycles. The van der Waals surface area contributed by atoms with E-state index in [1.807, 2.05) is 0 Å². The maximum Gasteiger partial charge on any atom is 0.0923 e. The van der Waals surface area contributed by atoms with Crippen molar-refractivity contribution >= 4 is 0 Å². The normalized spacial score (nSPS) is 20.2. The molecule has 20 heavy (non-hydrogen) atoms. The molecular weight excluding hydrogens is 248 g/mol. The Hall–Kier alpha value is -1.61. The molecule has 1 saturated heterocycles. The van der Waals surface area contributed by atoms with Crippen LogP contribution in [0.4, 0.5) is 0 Å². The fraction of sp³-hybridized carbons (Fsp3) is 0.471. The Labute approximate surface area is 119 Å². The van der Waals surface area contributed by atoms with E-state index in [1.54, 1.807) is 0 Å². The zero-order chi connectivity index (χ0) is 13.4. The molecular formula is C17H20N2O. The van der Waals surface area contributed by atoms with Gasteiger partial charge in [0.2, 0.25) is 0 Å². The lowest BCUT2D eigenvalue weighted by Crippen LogP contribution is -2.19. The smallest absolute Gasteiger partial charge is 0.0923 e. The van der Waals surface area contributed by atoms with Gasteiger partial charge in [0.1, 0.15) is 0 Å². The summed E-state index contributed by atoms with van der Waals surface area (Å²) in [6.07, 6.45) is 6.97. The van der Waals surface area contributed by atoms with E-state index in [2.05, 4.69) is 41.2 Å². The summed E-state index contributed by atoms with van der Waals surface area (Å²) < 4.78 is 7.53. The average Bonchev–Trinajstić information content (AvgIpc) is 3.25. The van der Waals surface area contributed by atoms with Gasteiger partial charge in [0.05, 0.1) is 11.7 Å². The topological polar surface area (TPSA) is 27.1 Å². The molecule has 2 fully saturated rings. The molecule has 3 nitrogen and oxygen atoms in total. The summed E-state index contributed by atoms with van der Waals surface area (Å²) in [5, 5.41) is 4.76. The molecule has 0 spiro atoms. The van der Waals surface area contributed by atoms with Gasteiger partial charge in [-0.25, -0.2) is 0 Å². The van der Waals surface area contributed by atoms with Crippen LogP contribution >= 0.6 is 0 Å². The number of ether oxygens (including phenoxy) is 1. The quantitative estimate of drug-likeness (QED) is 0.847. The molecule has 0 radical (unpaired) electrons. The second-order valence-electron chi connectivity index (χ2n) is 5.92. The molecule has 1 aliphatic heterocycles. The highest BCUT2D eigenvalue weighted by atomic mass is 16.5. The van der Waals surface area contributed by atoms with Crippen molar-refractivity contribution in [1.82, 2.24) is 9.78 Å². The Balaban J connectivity index is 1.54. The summed E-state index contributed by atoms with van der Waals surface area (Å²) in [6, 6.07) is 11.6. The predicted octanol–water partition coefficient (Wildman–Crippen LogP) is 3.78. The molecule has 1 saturated carbocycles. The molecule has 0 bridgehead atoms. The number of aromatic nitrogens is 2. The number of benzene rings is 1. The molecule has 104 valence electrons. The Kier molecular flexibility index (Phi) is 3.07.